The smallest absolute Gasteiger partial charge is 0.238 e. The van der Waals surface area contributed by atoms with E-state index in [1.165, 1.54) is 12.1 Å². The van der Waals surface area contributed by atoms with Gasteiger partial charge in [-0.25, -0.2) is 18.5 Å². The van der Waals surface area contributed by atoms with Crippen LogP contribution in [0.25, 0.3) is 0 Å². The molecule has 0 aliphatic rings. The molecule has 0 saturated carbocycles. The molecule has 4 N–H and O–H groups in total. The van der Waals surface area contributed by atoms with Gasteiger partial charge in [-0.1, -0.05) is 42.5 Å². The number of guanidine groups is 1. The van der Waals surface area contributed by atoms with Gasteiger partial charge in [-0.05, 0) is 42.3 Å². The first-order valence-electron chi connectivity index (χ1n) is 9.66. The second kappa shape index (κ2) is 10.1. The summed E-state index contributed by atoms with van der Waals surface area (Å²) in [5.74, 6) is 1.56. The Balaban J connectivity index is 1.68. The fourth-order valence-corrected chi connectivity index (χ4v) is 3.41. The predicted octanol–water partition coefficient (Wildman–Crippen LogP) is 2.97. The molecular formula is C22H26N4O3S. The summed E-state index contributed by atoms with van der Waals surface area (Å²) in [6, 6.07) is 20.4. The fraction of sp³-hybridized carbons (Fsp3) is 0.227. The zero-order valence-electron chi connectivity index (χ0n) is 16.8. The van der Waals surface area contributed by atoms with Gasteiger partial charge in [0.25, 0.3) is 0 Å². The van der Waals surface area contributed by atoms with Crippen LogP contribution in [0.3, 0.4) is 0 Å². The van der Waals surface area contributed by atoms with Crippen molar-refractivity contribution in [3.63, 3.8) is 0 Å². The molecule has 7 nitrogen and oxygen atoms in total. The van der Waals surface area contributed by atoms with Gasteiger partial charge in [0.2, 0.25) is 10.0 Å². The van der Waals surface area contributed by atoms with E-state index in [9.17, 15) is 8.42 Å². The molecule has 1 aromatic heterocycles. The Hall–Kier alpha value is -3.10. The van der Waals surface area contributed by atoms with Crippen molar-refractivity contribution in [2.45, 2.75) is 30.8 Å². The average molecular weight is 427 g/mol. The highest BCUT2D eigenvalue weighted by Gasteiger charge is 2.09. The maximum atomic E-state index is 11.4. The zero-order valence-corrected chi connectivity index (χ0v) is 17.6. The lowest BCUT2D eigenvalue weighted by Gasteiger charge is -2.18. The van der Waals surface area contributed by atoms with Crippen molar-refractivity contribution in [3.05, 3.63) is 89.9 Å². The van der Waals surface area contributed by atoms with Crippen LogP contribution in [0.15, 0.2) is 87.3 Å². The first kappa shape index (κ1) is 21.6. The third-order valence-corrected chi connectivity index (χ3v) is 5.50. The predicted molar refractivity (Wildman–Crippen MR) is 117 cm³/mol. The molecule has 8 heteroatoms. The maximum Gasteiger partial charge on any atom is 0.238 e. The van der Waals surface area contributed by atoms with E-state index < -0.39 is 10.0 Å². The number of nitrogens with zero attached hydrogens (tertiary/aromatic N) is 1. The molecule has 3 aromatic rings. The van der Waals surface area contributed by atoms with Crippen molar-refractivity contribution in [2.24, 2.45) is 10.1 Å². The van der Waals surface area contributed by atoms with E-state index >= 15 is 0 Å². The van der Waals surface area contributed by atoms with E-state index in [0.717, 1.165) is 23.3 Å². The molecule has 3 rings (SSSR count). The van der Waals surface area contributed by atoms with Crippen molar-refractivity contribution < 1.29 is 12.8 Å². The van der Waals surface area contributed by atoms with Crippen LogP contribution in [0.5, 0.6) is 0 Å². The van der Waals surface area contributed by atoms with Gasteiger partial charge in [0.05, 0.1) is 23.7 Å². The van der Waals surface area contributed by atoms with Crippen LogP contribution in [0.1, 0.15) is 29.9 Å². The number of hydrogen-bond donors (Lipinski definition) is 3. The number of hydrogen-bond acceptors (Lipinski definition) is 4. The summed E-state index contributed by atoms with van der Waals surface area (Å²) in [5.41, 5.74) is 2.03. The molecule has 1 unspecified atom stereocenters. The lowest BCUT2D eigenvalue weighted by molar-refractivity contribution is 0.506. The molecule has 0 aliphatic heterocycles. The molecule has 0 saturated heterocycles. The molecule has 1 heterocycles. The van der Waals surface area contributed by atoms with E-state index in [1.807, 2.05) is 30.3 Å². The molecule has 0 radical (unpaired) electrons. The van der Waals surface area contributed by atoms with Crippen LogP contribution in [0.4, 0.5) is 0 Å². The third kappa shape index (κ3) is 6.47. The molecule has 0 aliphatic carbocycles. The maximum absolute atomic E-state index is 11.4. The van der Waals surface area contributed by atoms with E-state index in [1.54, 1.807) is 18.4 Å². The van der Waals surface area contributed by atoms with Crippen LogP contribution in [0.2, 0.25) is 0 Å². The fourth-order valence-electron chi connectivity index (χ4n) is 2.90. The quantitative estimate of drug-likeness (QED) is 0.379. The highest BCUT2D eigenvalue weighted by atomic mass is 32.2. The van der Waals surface area contributed by atoms with Crippen LogP contribution >= 0.6 is 0 Å². The Kier molecular flexibility index (Phi) is 7.26. The van der Waals surface area contributed by atoms with Gasteiger partial charge in [0.15, 0.2) is 5.96 Å². The Morgan fingerprint density at radius 3 is 2.43 bits per heavy atom. The monoisotopic (exact) mass is 426 g/mol. The van der Waals surface area contributed by atoms with E-state index in [0.29, 0.717) is 19.0 Å². The van der Waals surface area contributed by atoms with E-state index in [2.05, 4.69) is 34.7 Å². The van der Waals surface area contributed by atoms with Crippen molar-refractivity contribution in [3.8, 4) is 0 Å². The van der Waals surface area contributed by atoms with Crippen LogP contribution in [-0.4, -0.2) is 20.9 Å². The molecule has 30 heavy (non-hydrogen) atoms. The molecule has 0 amide bonds. The van der Waals surface area contributed by atoms with Crippen molar-refractivity contribution >= 4 is 16.0 Å². The zero-order chi connectivity index (χ0) is 21.4. The second-order valence-corrected chi connectivity index (χ2v) is 8.45. The molecule has 0 spiro atoms. The number of sulfonamides is 1. The Bertz CT molecular complexity index is 1050. The Morgan fingerprint density at radius 1 is 1.07 bits per heavy atom. The average Bonchev–Trinajstić information content (AvgIpc) is 3.25. The number of nitrogens with one attached hydrogen (secondary N) is 2. The number of benzene rings is 2. The number of primary sulfonamides is 1. The van der Waals surface area contributed by atoms with Gasteiger partial charge >= 0.3 is 0 Å². The standard InChI is InChI=1S/C22H26N4O3S/c1-17(19-6-3-2-4-7-19)26-22(24-14-13-20-8-5-15-29-20)25-16-18-9-11-21(12-10-18)30(23,27)28/h2-12,15,17H,13-14,16H2,1H3,(H2,23,27,28)(H2,24,25,26). The minimum Gasteiger partial charge on any atom is -0.469 e. The summed E-state index contributed by atoms with van der Waals surface area (Å²) in [6.45, 7) is 3.12. The van der Waals surface area contributed by atoms with Crippen molar-refractivity contribution in [2.75, 3.05) is 6.54 Å². The van der Waals surface area contributed by atoms with Crippen LogP contribution in [-0.2, 0) is 23.0 Å². The van der Waals surface area contributed by atoms with Gasteiger partial charge in [-0.3, -0.25) is 0 Å². The van der Waals surface area contributed by atoms with Gasteiger partial charge in [-0.2, -0.15) is 0 Å². The lowest BCUT2D eigenvalue weighted by Crippen LogP contribution is -2.39. The minimum absolute atomic E-state index is 0.0609. The van der Waals surface area contributed by atoms with Gasteiger partial charge < -0.3 is 15.1 Å². The highest BCUT2D eigenvalue weighted by Crippen LogP contribution is 2.12. The minimum atomic E-state index is -3.70. The number of nitrogens with two attached hydrogens (primary N) is 1. The normalized spacial score (nSPS) is 13.1. The molecule has 1 atom stereocenters. The number of rotatable bonds is 8. The number of aliphatic imine (C=N–C) groups is 1. The second-order valence-electron chi connectivity index (χ2n) is 6.89. The van der Waals surface area contributed by atoms with E-state index in [-0.39, 0.29) is 10.9 Å². The van der Waals surface area contributed by atoms with Crippen molar-refractivity contribution in [1.29, 1.82) is 0 Å². The third-order valence-electron chi connectivity index (χ3n) is 4.57. The molecule has 0 fully saturated rings. The van der Waals surface area contributed by atoms with Gasteiger partial charge in [-0.15, -0.1) is 0 Å². The summed E-state index contributed by atoms with van der Waals surface area (Å²) in [6.07, 6.45) is 2.39. The summed E-state index contributed by atoms with van der Waals surface area (Å²) < 4.78 is 28.2. The largest absolute Gasteiger partial charge is 0.469 e. The van der Waals surface area contributed by atoms with E-state index in [4.69, 9.17) is 9.56 Å². The molecular weight excluding hydrogens is 400 g/mol. The summed E-state index contributed by atoms with van der Waals surface area (Å²) in [7, 11) is -3.70. The topological polar surface area (TPSA) is 110 Å². The SMILES string of the molecule is CC(NC(=NCc1ccc(S(N)(=O)=O)cc1)NCCc1ccco1)c1ccccc1. The van der Waals surface area contributed by atoms with Crippen LogP contribution < -0.4 is 15.8 Å². The summed E-state index contributed by atoms with van der Waals surface area (Å²) >= 11 is 0. The molecule has 0 bridgehead atoms. The number of furan rings is 1. The van der Waals surface area contributed by atoms with Crippen molar-refractivity contribution in [1.82, 2.24) is 10.6 Å². The summed E-state index contributed by atoms with van der Waals surface area (Å²) in [4.78, 5) is 4.74. The summed E-state index contributed by atoms with van der Waals surface area (Å²) in [5, 5.41) is 11.9. The molecule has 2 aromatic carbocycles. The van der Waals surface area contributed by atoms with Gasteiger partial charge in [0.1, 0.15) is 5.76 Å². The molecule has 158 valence electrons. The lowest BCUT2D eigenvalue weighted by atomic mass is 10.1. The van der Waals surface area contributed by atoms with Crippen LogP contribution in [0, 0.1) is 0 Å². The first-order valence-corrected chi connectivity index (χ1v) is 11.2. The Labute approximate surface area is 177 Å². The highest BCUT2D eigenvalue weighted by molar-refractivity contribution is 7.89. The Morgan fingerprint density at radius 2 is 1.80 bits per heavy atom. The first-order chi connectivity index (χ1) is 14.4. The van der Waals surface area contributed by atoms with Gasteiger partial charge in [0, 0.05) is 13.0 Å².